The molecule has 1 N–H and O–H groups in total. The number of sulfone groups is 1. The van der Waals surface area contributed by atoms with Gasteiger partial charge in [0.2, 0.25) is 0 Å². The standard InChI is InChI=1S/C10H14ClNO2S/c1-15(13,14)6-5-12-8-9-3-2-4-10(11)7-9/h2-4,7,12H,5-6,8H2,1H3. The van der Waals surface area contributed by atoms with Gasteiger partial charge in [-0.1, -0.05) is 23.7 Å². The Kier molecular flexibility index (Phi) is 4.57. The second kappa shape index (κ2) is 5.49. The average molecular weight is 248 g/mol. The Balaban J connectivity index is 2.32. The van der Waals surface area contributed by atoms with Crippen LogP contribution in [-0.4, -0.2) is 27.0 Å². The van der Waals surface area contributed by atoms with Crippen LogP contribution >= 0.6 is 11.6 Å². The maximum atomic E-state index is 10.8. The summed E-state index contributed by atoms with van der Waals surface area (Å²) in [5.74, 6) is 0.160. The fourth-order valence-corrected chi connectivity index (χ4v) is 1.87. The van der Waals surface area contributed by atoms with E-state index in [1.807, 2.05) is 24.3 Å². The second-order valence-corrected chi connectivity index (χ2v) is 6.13. The minimum absolute atomic E-state index is 0.160. The minimum Gasteiger partial charge on any atom is -0.312 e. The van der Waals surface area contributed by atoms with Crippen LogP contribution in [0, 0.1) is 0 Å². The van der Waals surface area contributed by atoms with Crippen LogP contribution in [0.3, 0.4) is 0 Å². The van der Waals surface area contributed by atoms with Crippen LogP contribution in [0.1, 0.15) is 5.56 Å². The zero-order valence-electron chi connectivity index (χ0n) is 8.53. The molecule has 5 heteroatoms. The summed E-state index contributed by atoms with van der Waals surface area (Å²) in [5, 5.41) is 3.74. The topological polar surface area (TPSA) is 46.2 Å². The normalized spacial score (nSPS) is 11.6. The van der Waals surface area contributed by atoms with Crippen molar-refractivity contribution in [1.82, 2.24) is 5.32 Å². The van der Waals surface area contributed by atoms with Gasteiger partial charge in [0.05, 0.1) is 5.75 Å². The summed E-state index contributed by atoms with van der Waals surface area (Å²) < 4.78 is 21.7. The molecule has 0 aliphatic rings. The molecule has 0 heterocycles. The Bertz CT molecular complexity index is 417. The molecule has 1 aromatic rings. The molecule has 84 valence electrons. The number of halogens is 1. The molecule has 0 fully saturated rings. The maximum absolute atomic E-state index is 10.8. The molecule has 0 aliphatic heterocycles. The molecule has 0 radical (unpaired) electrons. The van der Waals surface area contributed by atoms with Gasteiger partial charge in [-0.05, 0) is 17.7 Å². The fourth-order valence-electron chi connectivity index (χ4n) is 1.14. The van der Waals surface area contributed by atoms with Gasteiger partial charge in [-0.3, -0.25) is 0 Å². The molecule has 0 saturated heterocycles. The van der Waals surface area contributed by atoms with E-state index >= 15 is 0 Å². The predicted octanol–water partition coefficient (Wildman–Crippen LogP) is 1.47. The lowest BCUT2D eigenvalue weighted by molar-refractivity contribution is 0.596. The van der Waals surface area contributed by atoms with E-state index in [9.17, 15) is 8.42 Å². The minimum atomic E-state index is -2.88. The first-order valence-electron chi connectivity index (χ1n) is 4.60. The molecule has 0 aliphatic carbocycles. The molecule has 1 aromatic carbocycles. The van der Waals surface area contributed by atoms with Crippen molar-refractivity contribution < 1.29 is 8.42 Å². The summed E-state index contributed by atoms with van der Waals surface area (Å²) in [4.78, 5) is 0. The first kappa shape index (κ1) is 12.5. The number of benzene rings is 1. The number of rotatable bonds is 5. The molecule has 0 spiro atoms. The number of hydrogen-bond acceptors (Lipinski definition) is 3. The SMILES string of the molecule is CS(=O)(=O)CCNCc1cccc(Cl)c1. The monoisotopic (exact) mass is 247 g/mol. The van der Waals surface area contributed by atoms with Gasteiger partial charge in [0.1, 0.15) is 9.84 Å². The van der Waals surface area contributed by atoms with Crippen LogP contribution in [0.2, 0.25) is 5.02 Å². The Morgan fingerprint density at radius 1 is 1.40 bits per heavy atom. The third kappa shape index (κ3) is 5.77. The highest BCUT2D eigenvalue weighted by Gasteiger charge is 2.00. The molecule has 3 nitrogen and oxygen atoms in total. The Morgan fingerprint density at radius 3 is 2.73 bits per heavy atom. The zero-order valence-corrected chi connectivity index (χ0v) is 10.1. The van der Waals surface area contributed by atoms with E-state index < -0.39 is 9.84 Å². The van der Waals surface area contributed by atoms with Crippen LogP contribution in [0.15, 0.2) is 24.3 Å². The van der Waals surface area contributed by atoms with Crippen LogP contribution in [0.25, 0.3) is 0 Å². The van der Waals surface area contributed by atoms with E-state index in [1.54, 1.807) is 0 Å². The molecular weight excluding hydrogens is 234 g/mol. The summed E-state index contributed by atoms with van der Waals surface area (Å²) in [5.41, 5.74) is 1.05. The lowest BCUT2D eigenvalue weighted by Crippen LogP contribution is -2.21. The highest BCUT2D eigenvalue weighted by molar-refractivity contribution is 7.90. The largest absolute Gasteiger partial charge is 0.312 e. The lowest BCUT2D eigenvalue weighted by atomic mass is 10.2. The van der Waals surface area contributed by atoms with E-state index in [0.717, 1.165) is 5.56 Å². The Hall–Kier alpha value is -0.580. The molecule has 0 aromatic heterocycles. The third-order valence-corrected chi connectivity index (χ3v) is 3.05. The number of nitrogens with one attached hydrogen (secondary N) is 1. The van der Waals surface area contributed by atoms with Gasteiger partial charge in [-0.2, -0.15) is 0 Å². The first-order valence-corrected chi connectivity index (χ1v) is 7.04. The van der Waals surface area contributed by atoms with Crippen LogP contribution in [0.4, 0.5) is 0 Å². The zero-order chi connectivity index (χ0) is 11.3. The van der Waals surface area contributed by atoms with Crippen molar-refractivity contribution in [2.75, 3.05) is 18.6 Å². The van der Waals surface area contributed by atoms with Crippen molar-refractivity contribution in [2.45, 2.75) is 6.54 Å². The highest BCUT2D eigenvalue weighted by atomic mass is 35.5. The summed E-state index contributed by atoms with van der Waals surface area (Å²) >= 11 is 5.81. The molecule has 0 amide bonds. The molecule has 0 unspecified atom stereocenters. The van der Waals surface area contributed by atoms with Crippen molar-refractivity contribution in [1.29, 1.82) is 0 Å². The van der Waals surface area contributed by atoms with Gasteiger partial charge in [0.25, 0.3) is 0 Å². The van der Waals surface area contributed by atoms with E-state index in [4.69, 9.17) is 11.6 Å². The van der Waals surface area contributed by atoms with Gasteiger partial charge in [0.15, 0.2) is 0 Å². The van der Waals surface area contributed by atoms with Gasteiger partial charge in [0, 0.05) is 24.4 Å². The van der Waals surface area contributed by atoms with E-state index in [0.29, 0.717) is 18.1 Å². The van der Waals surface area contributed by atoms with Crippen LogP contribution in [0.5, 0.6) is 0 Å². The van der Waals surface area contributed by atoms with Crippen molar-refractivity contribution in [2.24, 2.45) is 0 Å². The lowest BCUT2D eigenvalue weighted by Gasteiger charge is -2.04. The second-order valence-electron chi connectivity index (χ2n) is 3.44. The number of hydrogen-bond donors (Lipinski definition) is 1. The summed E-state index contributed by atoms with van der Waals surface area (Å²) in [6, 6.07) is 7.48. The molecular formula is C10H14ClNO2S. The molecule has 15 heavy (non-hydrogen) atoms. The van der Waals surface area contributed by atoms with Crippen molar-refractivity contribution in [3.05, 3.63) is 34.9 Å². The quantitative estimate of drug-likeness (QED) is 0.802. The van der Waals surface area contributed by atoms with Crippen LogP contribution < -0.4 is 5.32 Å². The predicted molar refractivity (Wildman–Crippen MR) is 62.9 cm³/mol. The van der Waals surface area contributed by atoms with Gasteiger partial charge < -0.3 is 5.32 Å². The van der Waals surface area contributed by atoms with E-state index in [-0.39, 0.29) is 5.75 Å². The Morgan fingerprint density at radius 2 is 2.13 bits per heavy atom. The molecule has 1 rings (SSSR count). The molecule has 0 saturated carbocycles. The smallest absolute Gasteiger partial charge is 0.148 e. The Labute approximate surface area is 95.4 Å². The van der Waals surface area contributed by atoms with Crippen molar-refractivity contribution in [3.8, 4) is 0 Å². The van der Waals surface area contributed by atoms with Gasteiger partial charge in [-0.15, -0.1) is 0 Å². The summed E-state index contributed by atoms with van der Waals surface area (Å²) in [7, 11) is -2.88. The third-order valence-electron chi connectivity index (χ3n) is 1.87. The highest BCUT2D eigenvalue weighted by Crippen LogP contribution is 2.09. The van der Waals surface area contributed by atoms with Gasteiger partial charge in [-0.25, -0.2) is 8.42 Å². The fraction of sp³-hybridized carbons (Fsp3) is 0.400. The van der Waals surface area contributed by atoms with Gasteiger partial charge >= 0.3 is 0 Å². The van der Waals surface area contributed by atoms with Crippen LogP contribution in [-0.2, 0) is 16.4 Å². The summed E-state index contributed by atoms with van der Waals surface area (Å²) in [6.07, 6.45) is 1.23. The van der Waals surface area contributed by atoms with E-state index in [2.05, 4.69) is 5.32 Å². The van der Waals surface area contributed by atoms with Crippen molar-refractivity contribution in [3.63, 3.8) is 0 Å². The summed E-state index contributed by atoms with van der Waals surface area (Å²) in [6.45, 7) is 1.10. The molecule has 0 atom stereocenters. The molecule has 0 bridgehead atoms. The first-order chi connectivity index (χ1) is 6.97. The average Bonchev–Trinajstić information content (AvgIpc) is 2.11. The van der Waals surface area contributed by atoms with Crippen molar-refractivity contribution >= 4 is 21.4 Å². The maximum Gasteiger partial charge on any atom is 0.148 e. The van der Waals surface area contributed by atoms with E-state index in [1.165, 1.54) is 6.26 Å².